The second kappa shape index (κ2) is 9.60. The zero-order valence-electron chi connectivity index (χ0n) is 20.3. The molecular formula is C27H32N4O4. The van der Waals surface area contributed by atoms with E-state index < -0.39 is 5.54 Å². The van der Waals surface area contributed by atoms with Crippen molar-refractivity contribution in [1.29, 1.82) is 0 Å². The van der Waals surface area contributed by atoms with Crippen LogP contribution in [-0.4, -0.2) is 39.8 Å². The van der Waals surface area contributed by atoms with Gasteiger partial charge >= 0.3 is 0 Å². The van der Waals surface area contributed by atoms with Crippen LogP contribution in [0.2, 0.25) is 0 Å². The molecule has 1 aliphatic heterocycles. The molecule has 3 heterocycles. The van der Waals surface area contributed by atoms with E-state index in [0.717, 1.165) is 31.4 Å². The van der Waals surface area contributed by atoms with E-state index in [2.05, 4.69) is 10.4 Å². The van der Waals surface area contributed by atoms with Gasteiger partial charge < -0.3 is 14.5 Å². The minimum absolute atomic E-state index is 0.122. The highest BCUT2D eigenvalue weighted by atomic mass is 16.5. The first kappa shape index (κ1) is 23.2. The fourth-order valence-electron chi connectivity index (χ4n) is 5.15. The molecule has 0 unspecified atom stereocenters. The molecule has 184 valence electrons. The first-order chi connectivity index (χ1) is 17.0. The molecule has 0 saturated heterocycles. The van der Waals surface area contributed by atoms with E-state index in [0.29, 0.717) is 29.4 Å². The highest BCUT2D eigenvalue weighted by Gasteiger charge is 2.49. The number of furan rings is 1. The lowest BCUT2D eigenvalue weighted by Crippen LogP contribution is -2.65. The molecule has 1 N–H and O–H groups in total. The summed E-state index contributed by atoms with van der Waals surface area (Å²) in [6.07, 6.45) is 8.13. The van der Waals surface area contributed by atoms with Crippen LogP contribution in [0.1, 0.15) is 62.9 Å². The number of carbonyl (C=O) groups excluding carboxylic acids is 2. The van der Waals surface area contributed by atoms with Gasteiger partial charge in [0.05, 0.1) is 19.4 Å². The fourth-order valence-corrected chi connectivity index (χ4v) is 5.15. The number of hydrogen-bond donors (Lipinski definition) is 1. The van der Waals surface area contributed by atoms with Crippen molar-refractivity contribution in [3.8, 4) is 17.2 Å². The maximum Gasteiger partial charge on any atom is 0.277 e. The number of nitrogens with zero attached hydrogens (tertiary/aromatic N) is 3. The normalized spacial score (nSPS) is 20.9. The van der Waals surface area contributed by atoms with E-state index in [9.17, 15) is 9.59 Å². The molecule has 35 heavy (non-hydrogen) atoms. The number of aromatic nitrogens is 2. The minimum Gasteiger partial charge on any atom is -0.494 e. The molecule has 2 aromatic heterocycles. The highest BCUT2D eigenvalue weighted by molar-refractivity contribution is 6.12. The quantitative estimate of drug-likeness (QED) is 0.516. The largest absolute Gasteiger partial charge is 0.494 e. The van der Waals surface area contributed by atoms with Crippen molar-refractivity contribution in [1.82, 2.24) is 15.1 Å². The van der Waals surface area contributed by atoms with Crippen LogP contribution in [0.15, 0.2) is 53.1 Å². The maximum absolute atomic E-state index is 13.9. The van der Waals surface area contributed by atoms with Crippen LogP contribution >= 0.6 is 0 Å². The monoisotopic (exact) mass is 476 g/mol. The van der Waals surface area contributed by atoms with Crippen molar-refractivity contribution in [2.45, 2.75) is 70.5 Å². The van der Waals surface area contributed by atoms with Gasteiger partial charge in [-0.1, -0.05) is 25.7 Å². The van der Waals surface area contributed by atoms with Crippen molar-refractivity contribution in [3.05, 3.63) is 54.4 Å². The summed E-state index contributed by atoms with van der Waals surface area (Å²) in [6.45, 7) is 4.54. The lowest BCUT2D eigenvalue weighted by atomic mass is 9.93. The van der Waals surface area contributed by atoms with Crippen molar-refractivity contribution >= 4 is 17.5 Å². The Kier molecular flexibility index (Phi) is 6.36. The molecule has 1 atom stereocenters. The fraction of sp³-hybridized carbons (Fsp3) is 0.444. The number of rotatable bonds is 6. The first-order valence-corrected chi connectivity index (χ1v) is 12.5. The van der Waals surface area contributed by atoms with Gasteiger partial charge in [-0.05, 0) is 63.1 Å². The lowest BCUT2D eigenvalue weighted by Gasteiger charge is -2.43. The Morgan fingerprint density at radius 3 is 2.57 bits per heavy atom. The van der Waals surface area contributed by atoms with Crippen LogP contribution < -0.4 is 15.0 Å². The third kappa shape index (κ3) is 4.45. The summed E-state index contributed by atoms with van der Waals surface area (Å²) in [7, 11) is 0. The summed E-state index contributed by atoms with van der Waals surface area (Å²) in [5.74, 6) is 0.865. The van der Waals surface area contributed by atoms with Gasteiger partial charge in [-0.15, -0.1) is 0 Å². The van der Waals surface area contributed by atoms with Crippen molar-refractivity contribution < 1.29 is 18.7 Å². The molecule has 2 amide bonds. The Morgan fingerprint density at radius 2 is 1.91 bits per heavy atom. The average molecular weight is 477 g/mol. The second-order valence-corrected chi connectivity index (χ2v) is 9.55. The number of nitrogens with one attached hydrogen (secondary N) is 1. The van der Waals surface area contributed by atoms with Crippen LogP contribution in [0.4, 0.5) is 5.69 Å². The zero-order chi connectivity index (χ0) is 24.4. The predicted octanol–water partition coefficient (Wildman–Crippen LogP) is 4.80. The number of ether oxygens (including phenoxy) is 1. The number of hydrogen-bond acceptors (Lipinski definition) is 5. The molecular weight excluding hydrogens is 444 g/mol. The predicted molar refractivity (Wildman–Crippen MR) is 132 cm³/mol. The molecule has 1 aromatic carbocycles. The summed E-state index contributed by atoms with van der Waals surface area (Å²) in [5, 5.41) is 7.89. The van der Waals surface area contributed by atoms with Gasteiger partial charge in [0.15, 0.2) is 5.76 Å². The molecule has 8 heteroatoms. The Balaban J connectivity index is 1.52. The molecule has 5 rings (SSSR count). The van der Waals surface area contributed by atoms with Crippen LogP contribution in [0.3, 0.4) is 0 Å². The van der Waals surface area contributed by atoms with Crippen LogP contribution in [0.25, 0.3) is 11.5 Å². The molecule has 1 aliphatic carbocycles. The van der Waals surface area contributed by atoms with Gasteiger partial charge in [0.2, 0.25) is 5.91 Å². The van der Waals surface area contributed by atoms with Crippen LogP contribution in [-0.2, 0) is 11.3 Å². The minimum atomic E-state index is -1.16. The van der Waals surface area contributed by atoms with Gasteiger partial charge in [0.25, 0.3) is 5.91 Å². The van der Waals surface area contributed by atoms with Crippen molar-refractivity contribution in [2.75, 3.05) is 11.5 Å². The third-order valence-electron chi connectivity index (χ3n) is 7.01. The number of benzene rings is 1. The van der Waals surface area contributed by atoms with E-state index in [1.807, 2.05) is 38.1 Å². The molecule has 1 saturated carbocycles. The lowest BCUT2D eigenvalue weighted by molar-refractivity contribution is -0.127. The standard InChI is InChI=1S/C27H32N4O4/c1-3-34-21-14-12-20(13-15-21)31-25(32)23-17-22(24-11-8-16-35-24)29-30(23)18-27(31,2)26(33)28-19-9-6-4-5-7-10-19/h8,11-17,19H,3-7,9-10,18H2,1-2H3,(H,28,33)/t27-/m0/s1. The SMILES string of the molecule is CCOc1ccc(N2C(=O)c3cc(-c4ccco4)nn3C[C@@]2(C)C(=O)NC2CCCCCC2)cc1. The molecule has 2 aliphatic rings. The summed E-state index contributed by atoms with van der Waals surface area (Å²) in [5.41, 5.74) is 0.475. The Labute approximate surface area is 205 Å². The first-order valence-electron chi connectivity index (χ1n) is 12.5. The highest BCUT2D eigenvalue weighted by Crippen LogP contribution is 2.35. The number of amides is 2. The Hall–Kier alpha value is -3.55. The molecule has 0 radical (unpaired) electrons. The molecule has 8 nitrogen and oxygen atoms in total. The molecule has 3 aromatic rings. The third-order valence-corrected chi connectivity index (χ3v) is 7.01. The van der Waals surface area contributed by atoms with E-state index in [4.69, 9.17) is 9.15 Å². The molecule has 0 bridgehead atoms. The van der Waals surface area contributed by atoms with E-state index in [1.54, 1.807) is 34.0 Å². The molecule has 1 fully saturated rings. The summed E-state index contributed by atoms with van der Waals surface area (Å²) in [4.78, 5) is 29.4. The van der Waals surface area contributed by atoms with Crippen molar-refractivity contribution in [2.24, 2.45) is 0 Å². The number of fused-ring (bicyclic) bond motifs is 1. The zero-order valence-corrected chi connectivity index (χ0v) is 20.3. The van der Waals surface area contributed by atoms with E-state index >= 15 is 0 Å². The van der Waals surface area contributed by atoms with Crippen LogP contribution in [0, 0.1) is 0 Å². The van der Waals surface area contributed by atoms with Crippen LogP contribution in [0.5, 0.6) is 5.75 Å². The summed E-state index contributed by atoms with van der Waals surface area (Å²) in [6, 6.07) is 12.8. The van der Waals surface area contributed by atoms with Gasteiger partial charge in [-0.3, -0.25) is 19.2 Å². The van der Waals surface area contributed by atoms with Gasteiger partial charge in [0.1, 0.15) is 22.7 Å². The van der Waals surface area contributed by atoms with Gasteiger partial charge in [-0.2, -0.15) is 5.10 Å². The smallest absolute Gasteiger partial charge is 0.277 e. The van der Waals surface area contributed by atoms with Gasteiger partial charge in [-0.25, -0.2) is 0 Å². The molecule has 0 spiro atoms. The second-order valence-electron chi connectivity index (χ2n) is 9.55. The van der Waals surface area contributed by atoms with Crippen molar-refractivity contribution in [3.63, 3.8) is 0 Å². The number of carbonyl (C=O) groups is 2. The maximum atomic E-state index is 13.9. The topological polar surface area (TPSA) is 89.6 Å². The number of anilines is 1. The van der Waals surface area contributed by atoms with Gasteiger partial charge in [0, 0.05) is 17.8 Å². The van der Waals surface area contributed by atoms with E-state index in [-0.39, 0.29) is 24.4 Å². The average Bonchev–Trinajstić information content (AvgIpc) is 3.46. The summed E-state index contributed by atoms with van der Waals surface area (Å²) >= 11 is 0. The Bertz CT molecular complexity index is 1180. The summed E-state index contributed by atoms with van der Waals surface area (Å²) < 4.78 is 12.7. The van der Waals surface area contributed by atoms with E-state index in [1.165, 1.54) is 12.8 Å². The Morgan fingerprint density at radius 1 is 1.17 bits per heavy atom.